The van der Waals surface area contributed by atoms with Crippen LogP contribution in [0.25, 0.3) is 0 Å². The summed E-state index contributed by atoms with van der Waals surface area (Å²) in [5.41, 5.74) is 1.16. The normalized spacial score (nSPS) is 16.8. The molecule has 1 aromatic rings. The molecule has 1 saturated carbocycles. The van der Waals surface area contributed by atoms with Crippen LogP contribution in [0.4, 0.5) is 5.69 Å². The summed E-state index contributed by atoms with van der Waals surface area (Å²) in [5.74, 6) is 0.930. The van der Waals surface area contributed by atoms with Gasteiger partial charge in [-0.2, -0.15) is 0 Å². The van der Waals surface area contributed by atoms with Crippen molar-refractivity contribution in [2.45, 2.75) is 38.5 Å². The molecule has 1 aliphatic carbocycles. The SMILES string of the molecule is Brc1cc(Br)c(NCCC2CCCCC2)c(Br)c1. The zero-order chi connectivity index (χ0) is 13.0. The van der Waals surface area contributed by atoms with Gasteiger partial charge in [-0.05, 0) is 56.3 Å². The Kier molecular flexibility index (Phi) is 6.02. The number of benzene rings is 1. The van der Waals surface area contributed by atoms with Crippen LogP contribution in [0.1, 0.15) is 38.5 Å². The van der Waals surface area contributed by atoms with E-state index in [4.69, 9.17) is 0 Å². The van der Waals surface area contributed by atoms with Gasteiger partial charge in [0.15, 0.2) is 0 Å². The molecule has 0 aliphatic heterocycles. The molecule has 0 atom stereocenters. The van der Waals surface area contributed by atoms with Crippen LogP contribution in [-0.4, -0.2) is 6.54 Å². The highest BCUT2D eigenvalue weighted by atomic mass is 79.9. The lowest BCUT2D eigenvalue weighted by atomic mass is 9.87. The van der Waals surface area contributed by atoms with Crippen LogP contribution < -0.4 is 5.32 Å². The van der Waals surface area contributed by atoms with E-state index in [1.807, 2.05) is 0 Å². The predicted molar refractivity (Wildman–Crippen MR) is 89.2 cm³/mol. The molecule has 1 nitrogen and oxygen atoms in total. The molecule has 0 saturated heterocycles. The summed E-state index contributed by atoms with van der Waals surface area (Å²) < 4.78 is 3.29. The molecule has 0 amide bonds. The third-order valence-corrected chi connectivity index (χ3v) is 5.29. The van der Waals surface area contributed by atoms with Gasteiger partial charge >= 0.3 is 0 Å². The van der Waals surface area contributed by atoms with Gasteiger partial charge in [0.1, 0.15) is 0 Å². The van der Waals surface area contributed by atoms with Crippen LogP contribution in [0.5, 0.6) is 0 Å². The molecule has 18 heavy (non-hydrogen) atoms. The minimum atomic E-state index is 0.930. The van der Waals surface area contributed by atoms with Gasteiger partial charge in [-0.25, -0.2) is 0 Å². The fraction of sp³-hybridized carbons (Fsp3) is 0.571. The highest BCUT2D eigenvalue weighted by Gasteiger charge is 2.13. The number of hydrogen-bond donors (Lipinski definition) is 1. The van der Waals surface area contributed by atoms with Crippen molar-refractivity contribution in [3.63, 3.8) is 0 Å². The molecule has 1 aliphatic rings. The van der Waals surface area contributed by atoms with Crippen molar-refractivity contribution in [1.29, 1.82) is 0 Å². The number of nitrogens with one attached hydrogen (secondary N) is 1. The summed E-state index contributed by atoms with van der Waals surface area (Å²) in [4.78, 5) is 0. The Morgan fingerprint density at radius 3 is 2.22 bits per heavy atom. The van der Waals surface area contributed by atoms with Gasteiger partial charge in [0.25, 0.3) is 0 Å². The van der Waals surface area contributed by atoms with Gasteiger partial charge in [0, 0.05) is 20.0 Å². The Bertz CT molecular complexity index is 377. The summed E-state index contributed by atoms with van der Waals surface area (Å²) in [6, 6.07) is 4.15. The first-order valence-electron chi connectivity index (χ1n) is 6.55. The Balaban J connectivity index is 1.86. The first-order valence-corrected chi connectivity index (χ1v) is 8.93. The lowest BCUT2D eigenvalue weighted by Gasteiger charge is -2.22. The second kappa shape index (κ2) is 7.30. The van der Waals surface area contributed by atoms with E-state index in [0.717, 1.165) is 31.6 Å². The fourth-order valence-electron chi connectivity index (χ4n) is 2.59. The van der Waals surface area contributed by atoms with E-state index >= 15 is 0 Å². The molecule has 0 heterocycles. The molecule has 4 heteroatoms. The number of anilines is 1. The topological polar surface area (TPSA) is 12.0 Å². The molecule has 2 rings (SSSR count). The first-order chi connectivity index (χ1) is 8.66. The predicted octanol–water partition coefficient (Wildman–Crippen LogP) is 6.36. The smallest absolute Gasteiger partial charge is 0.0629 e. The van der Waals surface area contributed by atoms with E-state index in [-0.39, 0.29) is 0 Å². The summed E-state index contributed by atoms with van der Waals surface area (Å²) in [5, 5.41) is 3.54. The van der Waals surface area contributed by atoms with E-state index in [2.05, 4.69) is 65.2 Å². The Morgan fingerprint density at radius 1 is 1.00 bits per heavy atom. The molecule has 0 spiro atoms. The monoisotopic (exact) mass is 437 g/mol. The minimum absolute atomic E-state index is 0.930. The molecule has 1 aromatic carbocycles. The Hall–Kier alpha value is 0.460. The number of rotatable bonds is 4. The number of halogens is 3. The Morgan fingerprint density at radius 2 is 1.61 bits per heavy atom. The third kappa shape index (κ3) is 4.24. The summed E-state index contributed by atoms with van der Waals surface area (Å²) in [7, 11) is 0. The van der Waals surface area contributed by atoms with Crippen molar-refractivity contribution in [1.82, 2.24) is 0 Å². The maximum Gasteiger partial charge on any atom is 0.0629 e. The zero-order valence-corrected chi connectivity index (χ0v) is 15.1. The van der Waals surface area contributed by atoms with Crippen LogP contribution in [0.15, 0.2) is 25.6 Å². The van der Waals surface area contributed by atoms with Crippen molar-refractivity contribution < 1.29 is 0 Å². The van der Waals surface area contributed by atoms with E-state index in [1.54, 1.807) is 0 Å². The van der Waals surface area contributed by atoms with Crippen molar-refractivity contribution in [3.8, 4) is 0 Å². The fourth-order valence-corrected chi connectivity index (χ4v) is 5.13. The first kappa shape index (κ1) is 14.9. The van der Waals surface area contributed by atoms with Gasteiger partial charge < -0.3 is 5.32 Å². The van der Waals surface area contributed by atoms with Gasteiger partial charge in [0.2, 0.25) is 0 Å². The molecule has 1 fully saturated rings. The molecule has 0 aromatic heterocycles. The summed E-state index contributed by atoms with van der Waals surface area (Å²) in [6.45, 7) is 1.06. The standard InChI is InChI=1S/C14H18Br3N/c15-11-8-12(16)14(13(17)9-11)18-7-6-10-4-2-1-3-5-10/h8-10,18H,1-7H2. The summed E-state index contributed by atoms with van der Waals surface area (Å²) in [6.07, 6.45) is 8.42. The molecule has 0 unspecified atom stereocenters. The van der Waals surface area contributed by atoms with Gasteiger partial charge in [-0.15, -0.1) is 0 Å². The second-order valence-corrected chi connectivity index (χ2v) is 7.59. The van der Waals surface area contributed by atoms with Gasteiger partial charge in [-0.1, -0.05) is 48.0 Å². The highest BCUT2D eigenvalue weighted by molar-refractivity contribution is 9.11. The molecule has 1 N–H and O–H groups in total. The zero-order valence-electron chi connectivity index (χ0n) is 10.3. The largest absolute Gasteiger partial charge is 0.383 e. The molecule has 0 bridgehead atoms. The minimum Gasteiger partial charge on any atom is -0.383 e. The van der Waals surface area contributed by atoms with Crippen LogP contribution >= 0.6 is 47.8 Å². The maximum atomic E-state index is 3.60. The molecular formula is C14H18Br3N. The van der Waals surface area contributed by atoms with E-state index in [0.29, 0.717) is 0 Å². The van der Waals surface area contributed by atoms with Crippen molar-refractivity contribution in [3.05, 3.63) is 25.6 Å². The Labute approximate surface area is 134 Å². The lowest BCUT2D eigenvalue weighted by Crippen LogP contribution is -2.12. The van der Waals surface area contributed by atoms with E-state index < -0.39 is 0 Å². The van der Waals surface area contributed by atoms with E-state index in [1.165, 1.54) is 38.5 Å². The quantitative estimate of drug-likeness (QED) is 0.575. The van der Waals surface area contributed by atoms with Gasteiger partial charge in [-0.3, -0.25) is 0 Å². The van der Waals surface area contributed by atoms with Crippen LogP contribution in [0, 0.1) is 5.92 Å². The van der Waals surface area contributed by atoms with Crippen molar-refractivity contribution in [2.24, 2.45) is 5.92 Å². The average Bonchev–Trinajstić information content (AvgIpc) is 2.34. The second-order valence-electron chi connectivity index (χ2n) is 4.96. The maximum absolute atomic E-state index is 3.60. The van der Waals surface area contributed by atoms with Crippen LogP contribution in [0.3, 0.4) is 0 Å². The van der Waals surface area contributed by atoms with Crippen molar-refractivity contribution >= 4 is 53.5 Å². The lowest BCUT2D eigenvalue weighted by molar-refractivity contribution is 0.345. The molecule has 0 radical (unpaired) electrons. The van der Waals surface area contributed by atoms with Crippen LogP contribution in [0.2, 0.25) is 0 Å². The van der Waals surface area contributed by atoms with Gasteiger partial charge in [0.05, 0.1) is 5.69 Å². The molecular weight excluding hydrogens is 422 g/mol. The van der Waals surface area contributed by atoms with Crippen molar-refractivity contribution in [2.75, 3.05) is 11.9 Å². The average molecular weight is 440 g/mol. The highest BCUT2D eigenvalue weighted by Crippen LogP contribution is 2.34. The third-order valence-electron chi connectivity index (χ3n) is 3.59. The number of hydrogen-bond acceptors (Lipinski definition) is 1. The van der Waals surface area contributed by atoms with E-state index in [9.17, 15) is 0 Å². The van der Waals surface area contributed by atoms with Crippen LogP contribution in [-0.2, 0) is 0 Å². The molecule has 100 valence electrons. The summed E-state index contributed by atoms with van der Waals surface area (Å²) >= 11 is 10.7.